The second kappa shape index (κ2) is 5.70. The Balaban J connectivity index is 2.62. The summed E-state index contributed by atoms with van der Waals surface area (Å²) in [5, 5.41) is 31.2. The van der Waals surface area contributed by atoms with Crippen LogP contribution in [0.1, 0.15) is 15.6 Å². The molecule has 0 saturated heterocycles. The summed E-state index contributed by atoms with van der Waals surface area (Å²) in [7, 11) is 0. The fourth-order valence-corrected chi connectivity index (χ4v) is 2.07. The average Bonchev–Trinajstić information content (AvgIpc) is 2.61. The van der Waals surface area contributed by atoms with E-state index in [0.29, 0.717) is 6.54 Å². The number of rotatable bonds is 6. The first-order valence-corrected chi connectivity index (χ1v) is 5.89. The highest BCUT2D eigenvalue weighted by molar-refractivity contribution is 7.11. The first-order chi connectivity index (χ1) is 7.56. The minimum atomic E-state index is -1.03. The summed E-state index contributed by atoms with van der Waals surface area (Å²) in [6, 6.07) is 0. The Hall–Kier alpha value is -0.530. The maximum Gasteiger partial charge on any atom is 0.107 e. The minimum Gasteiger partial charge on any atom is -0.394 e. The van der Waals surface area contributed by atoms with Gasteiger partial charge in [0.05, 0.1) is 31.1 Å². The van der Waals surface area contributed by atoms with Crippen LogP contribution >= 0.6 is 11.3 Å². The number of aryl methyl sites for hydroxylation is 2. The molecule has 1 aromatic rings. The second-order valence-corrected chi connectivity index (χ2v) is 5.15. The lowest BCUT2D eigenvalue weighted by Gasteiger charge is -2.28. The summed E-state index contributed by atoms with van der Waals surface area (Å²) in [5.74, 6) is 0. The number of aliphatic hydroxyl groups is 3. The minimum absolute atomic E-state index is 0.316. The van der Waals surface area contributed by atoms with Crippen LogP contribution in [0, 0.1) is 13.8 Å². The van der Waals surface area contributed by atoms with Gasteiger partial charge in [-0.05, 0) is 13.8 Å². The largest absolute Gasteiger partial charge is 0.394 e. The molecule has 0 spiro atoms. The molecule has 0 aromatic carbocycles. The molecule has 0 saturated carbocycles. The fourth-order valence-electron chi connectivity index (χ4n) is 1.20. The maximum absolute atomic E-state index is 9.11. The monoisotopic (exact) mass is 246 g/mol. The molecule has 0 aliphatic carbocycles. The van der Waals surface area contributed by atoms with Gasteiger partial charge in [-0.1, -0.05) is 0 Å². The van der Waals surface area contributed by atoms with E-state index in [0.717, 1.165) is 15.6 Å². The van der Waals surface area contributed by atoms with Crippen LogP contribution in [0.3, 0.4) is 0 Å². The van der Waals surface area contributed by atoms with Crippen LogP contribution in [0.2, 0.25) is 0 Å². The topological polar surface area (TPSA) is 85.6 Å². The van der Waals surface area contributed by atoms with Gasteiger partial charge < -0.3 is 15.3 Å². The van der Waals surface area contributed by atoms with E-state index in [2.05, 4.69) is 10.3 Å². The van der Waals surface area contributed by atoms with Crippen molar-refractivity contribution in [3.05, 3.63) is 15.6 Å². The van der Waals surface area contributed by atoms with Crippen LogP contribution in [0.4, 0.5) is 0 Å². The van der Waals surface area contributed by atoms with Gasteiger partial charge in [-0.15, -0.1) is 11.3 Å². The van der Waals surface area contributed by atoms with Gasteiger partial charge in [0.2, 0.25) is 0 Å². The van der Waals surface area contributed by atoms with Crippen molar-refractivity contribution in [2.45, 2.75) is 25.9 Å². The van der Waals surface area contributed by atoms with Gasteiger partial charge in [0.25, 0.3) is 0 Å². The number of aromatic nitrogens is 1. The third-order valence-corrected chi connectivity index (χ3v) is 3.67. The van der Waals surface area contributed by atoms with E-state index in [1.165, 1.54) is 0 Å². The molecule has 5 nitrogen and oxygen atoms in total. The van der Waals surface area contributed by atoms with Gasteiger partial charge in [-0.3, -0.25) is 5.32 Å². The van der Waals surface area contributed by atoms with E-state index in [4.69, 9.17) is 15.3 Å². The smallest absolute Gasteiger partial charge is 0.107 e. The molecule has 92 valence electrons. The zero-order chi connectivity index (χ0) is 12.2. The number of nitrogens with one attached hydrogen (secondary N) is 1. The Kier molecular flexibility index (Phi) is 4.82. The number of hydrogen-bond donors (Lipinski definition) is 4. The highest BCUT2D eigenvalue weighted by Gasteiger charge is 2.27. The van der Waals surface area contributed by atoms with Crippen LogP contribution in [-0.2, 0) is 6.54 Å². The van der Waals surface area contributed by atoms with Gasteiger partial charge >= 0.3 is 0 Å². The van der Waals surface area contributed by atoms with Crippen LogP contribution in [0.5, 0.6) is 0 Å². The number of thiazole rings is 1. The van der Waals surface area contributed by atoms with Crippen molar-refractivity contribution in [1.82, 2.24) is 10.3 Å². The van der Waals surface area contributed by atoms with Crippen molar-refractivity contribution in [2.24, 2.45) is 0 Å². The zero-order valence-electron chi connectivity index (χ0n) is 9.53. The van der Waals surface area contributed by atoms with Crippen molar-refractivity contribution in [1.29, 1.82) is 0 Å². The molecule has 0 radical (unpaired) electrons. The first-order valence-electron chi connectivity index (χ1n) is 5.07. The normalized spacial score (nSPS) is 12.1. The van der Waals surface area contributed by atoms with E-state index in [1.54, 1.807) is 11.3 Å². The predicted molar refractivity (Wildman–Crippen MR) is 62.4 cm³/mol. The van der Waals surface area contributed by atoms with Crippen molar-refractivity contribution in [2.75, 3.05) is 19.8 Å². The van der Waals surface area contributed by atoms with Crippen molar-refractivity contribution in [3.8, 4) is 0 Å². The van der Waals surface area contributed by atoms with E-state index < -0.39 is 5.54 Å². The average molecular weight is 246 g/mol. The quantitative estimate of drug-likeness (QED) is 0.547. The lowest BCUT2D eigenvalue weighted by Crippen LogP contribution is -2.54. The molecular formula is C10H18N2O3S. The highest BCUT2D eigenvalue weighted by atomic mass is 32.1. The Morgan fingerprint density at radius 3 is 2.12 bits per heavy atom. The van der Waals surface area contributed by atoms with E-state index in [1.807, 2.05) is 13.8 Å². The van der Waals surface area contributed by atoms with E-state index in [9.17, 15) is 0 Å². The molecule has 0 amide bonds. The predicted octanol–water partition coefficient (Wildman–Crippen LogP) is -0.435. The molecule has 0 atom stereocenters. The molecule has 0 fully saturated rings. The number of aliphatic hydroxyl groups excluding tert-OH is 3. The molecular weight excluding hydrogens is 228 g/mol. The molecule has 1 heterocycles. The maximum atomic E-state index is 9.11. The molecule has 1 rings (SSSR count). The summed E-state index contributed by atoms with van der Waals surface area (Å²) in [6.45, 7) is 3.41. The summed E-state index contributed by atoms with van der Waals surface area (Å²) in [6.07, 6.45) is 0. The highest BCUT2D eigenvalue weighted by Crippen LogP contribution is 2.17. The van der Waals surface area contributed by atoms with Gasteiger partial charge in [0.15, 0.2) is 0 Å². The van der Waals surface area contributed by atoms with Crippen LogP contribution in [-0.4, -0.2) is 45.7 Å². The Morgan fingerprint density at radius 2 is 1.75 bits per heavy atom. The molecule has 0 unspecified atom stereocenters. The lowest BCUT2D eigenvalue weighted by atomic mass is 10.0. The summed E-state index contributed by atoms with van der Waals surface area (Å²) < 4.78 is 0. The van der Waals surface area contributed by atoms with Crippen LogP contribution < -0.4 is 5.32 Å². The Morgan fingerprint density at radius 1 is 1.19 bits per heavy atom. The Bertz CT molecular complexity index is 309. The van der Waals surface area contributed by atoms with Gasteiger partial charge in [-0.2, -0.15) is 0 Å². The van der Waals surface area contributed by atoms with Gasteiger partial charge in [0.1, 0.15) is 5.01 Å². The molecule has 4 N–H and O–H groups in total. The third-order valence-electron chi connectivity index (χ3n) is 2.60. The van der Waals surface area contributed by atoms with E-state index in [-0.39, 0.29) is 19.8 Å². The lowest BCUT2D eigenvalue weighted by molar-refractivity contribution is 0.0413. The fraction of sp³-hybridized carbons (Fsp3) is 0.700. The molecule has 0 bridgehead atoms. The SMILES string of the molecule is Cc1nc(CNC(CO)(CO)CO)sc1C. The number of hydrogen-bond acceptors (Lipinski definition) is 6. The second-order valence-electron chi connectivity index (χ2n) is 3.86. The standard InChI is InChI=1S/C10H18N2O3S/c1-7-8(2)16-9(12-7)3-11-10(4-13,5-14)6-15/h11,13-15H,3-6H2,1-2H3. The molecule has 0 aliphatic heterocycles. The summed E-state index contributed by atoms with van der Waals surface area (Å²) >= 11 is 1.57. The van der Waals surface area contributed by atoms with Crippen molar-refractivity contribution < 1.29 is 15.3 Å². The van der Waals surface area contributed by atoms with Crippen LogP contribution in [0.15, 0.2) is 0 Å². The molecule has 6 heteroatoms. The third kappa shape index (κ3) is 2.99. The van der Waals surface area contributed by atoms with Crippen molar-refractivity contribution >= 4 is 11.3 Å². The summed E-state index contributed by atoms with van der Waals surface area (Å²) in [4.78, 5) is 5.48. The number of nitrogens with zero attached hydrogens (tertiary/aromatic N) is 1. The van der Waals surface area contributed by atoms with E-state index >= 15 is 0 Å². The van der Waals surface area contributed by atoms with Gasteiger partial charge in [-0.25, -0.2) is 4.98 Å². The molecule has 16 heavy (non-hydrogen) atoms. The van der Waals surface area contributed by atoms with Crippen LogP contribution in [0.25, 0.3) is 0 Å². The van der Waals surface area contributed by atoms with Gasteiger partial charge in [0, 0.05) is 11.4 Å². The zero-order valence-corrected chi connectivity index (χ0v) is 10.3. The van der Waals surface area contributed by atoms with Crippen molar-refractivity contribution in [3.63, 3.8) is 0 Å². The molecule has 0 aliphatic rings. The molecule has 1 aromatic heterocycles. The Labute approximate surface area is 98.8 Å². The first kappa shape index (κ1) is 13.5. The summed E-state index contributed by atoms with van der Waals surface area (Å²) in [5.41, 5.74) is -0.0441.